The zero-order valence-electron chi connectivity index (χ0n) is 9.63. The van der Waals surface area contributed by atoms with Crippen LogP contribution in [0.1, 0.15) is 18.5 Å². The number of likely N-dealkylation sites (N-methyl/N-ethyl adjacent to an activating group) is 1. The second-order valence-corrected chi connectivity index (χ2v) is 4.45. The summed E-state index contributed by atoms with van der Waals surface area (Å²) < 4.78 is 1.83. The molecule has 0 saturated heterocycles. The molecule has 0 bridgehead atoms. The van der Waals surface area contributed by atoms with E-state index in [1.54, 1.807) is 24.5 Å². The average molecular weight is 223 g/mol. The fourth-order valence-electron chi connectivity index (χ4n) is 1.89. The van der Waals surface area contributed by atoms with Crippen molar-refractivity contribution in [1.29, 1.82) is 0 Å². The van der Waals surface area contributed by atoms with Gasteiger partial charge in [0.1, 0.15) is 6.54 Å². The van der Waals surface area contributed by atoms with Crippen molar-refractivity contribution in [2.75, 3.05) is 7.05 Å². The lowest BCUT2D eigenvalue weighted by atomic mass is 9.88. The standard InChI is InChI=1S/C11H17N3O2/c1-8-5-12-7-14(8)6-11(16)13(2)9-3-10(15)4-9/h5,7,9-10,15H,3-4,6H2,1-2H3. The third kappa shape index (κ3) is 2.09. The molecule has 1 aromatic rings. The van der Waals surface area contributed by atoms with E-state index in [1.807, 2.05) is 11.5 Å². The minimum Gasteiger partial charge on any atom is -0.393 e. The molecular formula is C11H17N3O2. The molecule has 16 heavy (non-hydrogen) atoms. The van der Waals surface area contributed by atoms with Gasteiger partial charge in [-0.05, 0) is 19.8 Å². The Bertz CT molecular complexity index is 382. The average Bonchev–Trinajstić information content (AvgIpc) is 2.59. The summed E-state index contributed by atoms with van der Waals surface area (Å²) in [7, 11) is 1.80. The van der Waals surface area contributed by atoms with Crippen LogP contribution in [0.25, 0.3) is 0 Å². The number of amides is 1. The van der Waals surface area contributed by atoms with Gasteiger partial charge in [-0.2, -0.15) is 0 Å². The Morgan fingerprint density at radius 2 is 2.38 bits per heavy atom. The number of carbonyl (C=O) groups excluding carboxylic acids is 1. The summed E-state index contributed by atoms with van der Waals surface area (Å²) in [5, 5.41) is 9.20. The molecule has 0 atom stereocenters. The lowest BCUT2D eigenvalue weighted by molar-refractivity contribution is -0.136. The first-order chi connectivity index (χ1) is 7.58. The predicted molar refractivity (Wildman–Crippen MR) is 58.8 cm³/mol. The lowest BCUT2D eigenvalue weighted by Gasteiger charge is -2.38. The molecule has 1 aliphatic carbocycles. The number of aliphatic hydroxyl groups excluding tert-OH is 1. The van der Waals surface area contributed by atoms with Gasteiger partial charge in [0.05, 0.1) is 12.4 Å². The first-order valence-electron chi connectivity index (χ1n) is 5.48. The summed E-state index contributed by atoms with van der Waals surface area (Å²) in [6, 6.07) is 0.200. The molecule has 2 rings (SSSR count). The largest absolute Gasteiger partial charge is 0.393 e. The quantitative estimate of drug-likeness (QED) is 0.795. The molecule has 0 aliphatic heterocycles. The number of rotatable bonds is 3. The first-order valence-corrected chi connectivity index (χ1v) is 5.48. The van der Waals surface area contributed by atoms with E-state index in [0.717, 1.165) is 5.69 Å². The smallest absolute Gasteiger partial charge is 0.242 e. The topological polar surface area (TPSA) is 58.4 Å². The number of aliphatic hydroxyl groups is 1. The second kappa shape index (κ2) is 4.25. The van der Waals surface area contributed by atoms with Crippen molar-refractivity contribution in [3.8, 4) is 0 Å². The Hall–Kier alpha value is -1.36. The van der Waals surface area contributed by atoms with Crippen LogP contribution in [0.15, 0.2) is 12.5 Å². The van der Waals surface area contributed by atoms with Crippen LogP contribution >= 0.6 is 0 Å². The number of nitrogens with zero attached hydrogens (tertiary/aromatic N) is 3. The fraction of sp³-hybridized carbons (Fsp3) is 0.636. The molecule has 0 radical (unpaired) electrons. The Balaban J connectivity index is 1.91. The normalized spacial score (nSPS) is 23.9. The molecule has 1 N–H and O–H groups in total. The molecule has 5 heteroatoms. The van der Waals surface area contributed by atoms with E-state index in [-0.39, 0.29) is 18.1 Å². The zero-order chi connectivity index (χ0) is 11.7. The van der Waals surface area contributed by atoms with E-state index >= 15 is 0 Å². The molecule has 0 aromatic carbocycles. The van der Waals surface area contributed by atoms with Crippen LogP contribution in [-0.4, -0.2) is 44.7 Å². The molecule has 5 nitrogen and oxygen atoms in total. The van der Waals surface area contributed by atoms with E-state index in [0.29, 0.717) is 19.4 Å². The van der Waals surface area contributed by atoms with Crippen molar-refractivity contribution in [2.24, 2.45) is 0 Å². The molecule has 0 spiro atoms. The number of hydrogen-bond acceptors (Lipinski definition) is 3. The highest BCUT2D eigenvalue weighted by molar-refractivity contribution is 5.76. The zero-order valence-corrected chi connectivity index (χ0v) is 9.63. The van der Waals surface area contributed by atoms with Gasteiger partial charge in [0.25, 0.3) is 0 Å². The highest BCUT2D eigenvalue weighted by Gasteiger charge is 2.32. The third-order valence-electron chi connectivity index (χ3n) is 3.26. The molecule has 1 saturated carbocycles. The van der Waals surface area contributed by atoms with Crippen LogP contribution in [-0.2, 0) is 11.3 Å². The first kappa shape index (κ1) is 11.1. The number of hydrogen-bond donors (Lipinski definition) is 1. The van der Waals surface area contributed by atoms with E-state index in [9.17, 15) is 9.90 Å². The van der Waals surface area contributed by atoms with Crippen molar-refractivity contribution < 1.29 is 9.90 Å². The van der Waals surface area contributed by atoms with E-state index in [2.05, 4.69) is 4.98 Å². The summed E-state index contributed by atoms with van der Waals surface area (Å²) in [5.74, 6) is 0.0676. The fourth-order valence-corrected chi connectivity index (χ4v) is 1.89. The van der Waals surface area contributed by atoms with Crippen molar-refractivity contribution in [1.82, 2.24) is 14.5 Å². The monoisotopic (exact) mass is 223 g/mol. The Morgan fingerprint density at radius 1 is 1.69 bits per heavy atom. The van der Waals surface area contributed by atoms with Crippen LogP contribution in [0.3, 0.4) is 0 Å². The molecule has 1 aromatic heterocycles. The summed E-state index contributed by atoms with van der Waals surface area (Å²) >= 11 is 0. The minimum absolute atomic E-state index is 0.0676. The Kier molecular flexibility index (Phi) is 2.96. The summed E-state index contributed by atoms with van der Waals surface area (Å²) in [5.41, 5.74) is 0.982. The van der Waals surface area contributed by atoms with Gasteiger partial charge >= 0.3 is 0 Å². The summed E-state index contributed by atoms with van der Waals surface area (Å²) in [6.45, 7) is 2.25. The summed E-state index contributed by atoms with van der Waals surface area (Å²) in [4.78, 5) is 17.6. The van der Waals surface area contributed by atoms with Gasteiger partial charge in [0.15, 0.2) is 0 Å². The van der Waals surface area contributed by atoms with Crippen molar-refractivity contribution in [3.63, 3.8) is 0 Å². The number of carbonyl (C=O) groups is 1. The van der Waals surface area contributed by atoms with Gasteiger partial charge in [-0.3, -0.25) is 4.79 Å². The third-order valence-corrected chi connectivity index (χ3v) is 3.26. The van der Waals surface area contributed by atoms with Gasteiger partial charge in [-0.1, -0.05) is 0 Å². The van der Waals surface area contributed by atoms with Crippen LogP contribution in [0, 0.1) is 6.92 Å². The van der Waals surface area contributed by atoms with Crippen LogP contribution in [0.4, 0.5) is 0 Å². The lowest BCUT2D eigenvalue weighted by Crippen LogP contribution is -2.48. The molecule has 1 fully saturated rings. The van der Waals surface area contributed by atoms with Crippen molar-refractivity contribution in [3.05, 3.63) is 18.2 Å². The second-order valence-electron chi connectivity index (χ2n) is 4.45. The minimum atomic E-state index is -0.227. The predicted octanol–water partition coefficient (Wildman–Crippen LogP) is 0.173. The highest BCUT2D eigenvalue weighted by atomic mass is 16.3. The number of aryl methyl sites for hydroxylation is 1. The van der Waals surface area contributed by atoms with Crippen LogP contribution < -0.4 is 0 Å². The van der Waals surface area contributed by atoms with Gasteiger partial charge in [-0.25, -0.2) is 4.98 Å². The maximum atomic E-state index is 11.9. The van der Waals surface area contributed by atoms with Crippen LogP contribution in [0.5, 0.6) is 0 Å². The Morgan fingerprint density at radius 3 is 2.88 bits per heavy atom. The van der Waals surface area contributed by atoms with Gasteiger partial charge < -0.3 is 14.6 Å². The molecule has 88 valence electrons. The maximum Gasteiger partial charge on any atom is 0.242 e. The molecular weight excluding hydrogens is 206 g/mol. The molecule has 1 amide bonds. The SMILES string of the molecule is Cc1cncn1CC(=O)N(C)C1CC(O)C1. The van der Waals surface area contributed by atoms with E-state index in [4.69, 9.17) is 0 Å². The number of imidazole rings is 1. The number of aromatic nitrogens is 2. The maximum absolute atomic E-state index is 11.9. The molecule has 1 heterocycles. The van der Waals surface area contributed by atoms with Crippen LogP contribution in [0.2, 0.25) is 0 Å². The van der Waals surface area contributed by atoms with Gasteiger partial charge in [-0.15, -0.1) is 0 Å². The van der Waals surface area contributed by atoms with Gasteiger partial charge in [0, 0.05) is 25.0 Å². The summed E-state index contributed by atoms with van der Waals surface area (Å²) in [6.07, 6.45) is 4.57. The van der Waals surface area contributed by atoms with Gasteiger partial charge in [0.2, 0.25) is 5.91 Å². The van der Waals surface area contributed by atoms with Crippen molar-refractivity contribution in [2.45, 2.75) is 38.5 Å². The Labute approximate surface area is 94.7 Å². The highest BCUT2D eigenvalue weighted by Crippen LogP contribution is 2.24. The van der Waals surface area contributed by atoms with E-state index in [1.165, 1.54) is 0 Å². The molecule has 1 aliphatic rings. The van der Waals surface area contributed by atoms with Crippen molar-refractivity contribution >= 4 is 5.91 Å². The molecule has 0 unspecified atom stereocenters. The van der Waals surface area contributed by atoms with E-state index < -0.39 is 0 Å².